The summed E-state index contributed by atoms with van der Waals surface area (Å²) in [5.74, 6) is 0.526. The molecule has 78 valence electrons. The fraction of sp³-hybridized carbons (Fsp3) is 0.182. The van der Waals surface area contributed by atoms with Gasteiger partial charge in [0, 0.05) is 13.5 Å². The van der Waals surface area contributed by atoms with Crippen molar-refractivity contribution in [1.29, 1.82) is 0 Å². The second-order valence-electron chi connectivity index (χ2n) is 3.18. The lowest BCUT2D eigenvalue weighted by Crippen LogP contribution is -1.87. The van der Waals surface area contributed by atoms with Crippen molar-refractivity contribution < 1.29 is 8.81 Å². The summed E-state index contributed by atoms with van der Waals surface area (Å²) in [6, 6.07) is 6.83. The van der Waals surface area contributed by atoms with Crippen molar-refractivity contribution in [2.24, 2.45) is 0 Å². The van der Waals surface area contributed by atoms with Crippen LogP contribution in [0.25, 0.3) is 0 Å². The number of aromatic nitrogens is 1. The van der Waals surface area contributed by atoms with E-state index >= 15 is 0 Å². The van der Waals surface area contributed by atoms with Crippen molar-refractivity contribution in [2.75, 3.05) is 12.4 Å². The zero-order valence-corrected chi connectivity index (χ0v) is 8.33. The zero-order valence-electron chi connectivity index (χ0n) is 8.33. The van der Waals surface area contributed by atoms with E-state index in [0.717, 1.165) is 11.3 Å². The molecule has 0 amide bonds. The number of halogens is 1. The van der Waals surface area contributed by atoms with Gasteiger partial charge in [-0.15, -0.1) is 0 Å². The van der Waals surface area contributed by atoms with E-state index < -0.39 is 0 Å². The molecule has 15 heavy (non-hydrogen) atoms. The minimum atomic E-state index is -0.229. The van der Waals surface area contributed by atoms with Gasteiger partial charge in [0.2, 0.25) is 0 Å². The molecule has 0 spiro atoms. The number of oxazole rings is 1. The molecule has 0 saturated heterocycles. The van der Waals surface area contributed by atoms with E-state index in [-0.39, 0.29) is 5.82 Å². The fourth-order valence-electron chi connectivity index (χ4n) is 1.31. The molecule has 1 aromatic heterocycles. The molecule has 0 bridgehead atoms. The third-order valence-electron chi connectivity index (χ3n) is 2.06. The van der Waals surface area contributed by atoms with Gasteiger partial charge in [0.05, 0.1) is 6.20 Å². The third-order valence-corrected chi connectivity index (χ3v) is 2.06. The summed E-state index contributed by atoms with van der Waals surface area (Å²) >= 11 is 0. The van der Waals surface area contributed by atoms with Crippen molar-refractivity contribution in [3.8, 4) is 0 Å². The molecule has 1 heterocycles. The SMILES string of the molecule is CNc1ncc(Cc2ccc(F)cc2)o1. The van der Waals surface area contributed by atoms with E-state index in [9.17, 15) is 4.39 Å². The first-order valence-corrected chi connectivity index (χ1v) is 4.65. The van der Waals surface area contributed by atoms with Gasteiger partial charge in [-0.3, -0.25) is 0 Å². The van der Waals surface area contributed by atoms with E-state index in [4.69, 9.17) is 4.42 Å². The summed E-state index contributed by atoms with van der Waals surface area (Å²) < 4.78 is 18.0. The number of rotatable bonds is 3. The highest BCUT2D eigenvalue weighted by Crippen LogP contribution is 2.13. The largest absolute Gasteiger partial charge is 0.428 e. The lowest BCUT2D eigenvalue weighted by molar-refractivity contribution is 0.530. The van der Waals surface area contributed by atoms with E-state index in [1.54, 1.807) is 25.4 Å². The maximum atomic E-state index is 12.6. The van der Waals surface area contributed by atoms with Gasteiger partial charge in [-0.05, 0) is 17.7 Å². The van der Waals surface area contributed by atoms with Gasteiger partial charge < -0.3 is 9.73 Å². The number of hydrogen-bond donors (Lipinski definition) is 1. The second kappa shape index (κ2) is 4.13. The predicted octanol–water partition coefficient (Wildman–Crippen LogP) is 2.45. The maximum Gasteiger partial charge on any atom is 0.294 e. The fourth-order valence-corrected chi connectivity index (χ4v) is 1.31. The van der Waals surface area contributed by atoms with Gasteiger partial charge in [0.15, 0.2) is 0 Å². The monoisotopic (exact) mass is 206 g/mol. The Kier molecular flexibility index (Phi) is 2.67. The van der Waals surface area contributed by atoms with Crippen molar-refractivity contribution in [3.63, 3.8) is 0 Å². The van der Waals surface area contributed by atoms with E-state index in [2.05, 4.69) is 10.3 Å². The van der Waals surface area contributed by atoms with Crippen LogP contribution in [0.3, 0.4) is 0 Å². The molecule has 0 saturated carbocycles. The molecule has 0 aliphatic carbocycles. The quantitative estimate of drug-likeness (QED) is 0.838. The van der Waals surface area contributed by atoms with Crippen LogP contribution in [-0.4, -0.2) is 12.0 Å². The molecule has 2 rings (SSSR count). The van der Waals surface area contributed by atoms with Gasteiger partial charge in [0.1, 0.15) is 11.6 Å². The molecular weight excluding hydrogens is 195 g/mol. The number of anilines is 1. The average molecular weight is 206 g/mol. The number of nitrogens with zero attached hydrogens (tertiary/aromatic N) is 1. The van der Waals surface area contributed by atoms with Crippen molar-refractivity contribution in [2.45, 2.75) is 6.42 Å². The van der Waals surface area contributed by atoms with Gasteiger partial charge >= 0.3 is 0 Å². The van der Waals surface area contributed by atoms with Crippen LogP contribution in [0.2, 0.25) is 0 Å². The molecular formula is C11H11FN2O. The average Bonchev–Trinajstić information content (AvgIpc) is 2.69. The smallest absolute Gasteiger partial charge is 0.294 e. The topological polar surface area (TPSA) is 38.1 Å². The highest BCUT2D eigenvalue weighted by molar-refractivity contribution is 5.24. The normalized spacial score (nSPS) is 10.3. The Hall–Kier alpha value is -1.84. The molecule has 0 atom stereocenters. The van der Waals surface area contributed by atoms with Gasteiger partial charge in [0.25, 0.3) is 6.01 Å². The molecule has 0 aliphatic rings. The number of nitrogens with one attached hydrogen (secondary N) is 1. The first-order valence-electron chi connectivity index (χ1n) is 4.65. The van der Waals surface area contributed by atoms with Crippen LogP contribution in [0.4, 0.5) is 10.4 Å². The van der Waals surface area contributed by atoms with Crippen LogP contribution in [0.5, 0.6) is 0 Å². The number of benzene rings is 1. The van der Waals surface area contributed by atoms with Gasteiger partial charge in [-0.2, -0.15) is 0 Å². The highest BCUT2D eigenvalue weighted by atomic mass is 19.1. The standard InChI is InChI=1S/C11H11FN2O/c1-13-11-14-7-10(15-11)6-8-2-4-9(12)5-3-8/h2-5,7H,6H2,1H3,(H,13,14). The lowest BCUT2D eigenvalue weighted by atomic mass is 10.1. The first-order chi connectivity index (χ1) is 7.28. The Morgan fingerprint density at radius 3 is 2.67 bits per heavy atom. The Morgan fingerprint density at radius 1 is 1.33 bits per heavy atom. The Morgan fingerprint density at radius 2 is 2.07 bits per heavy atom. The Labute approximate surface area is 86.9 Å². The second-order valence-corrected chi connectivity index (χ2v) is 3.18. The molecule has 3 nitrogen and oxygen atoms in total. The van der Waals surface area contributed by atoms with E-state index in [1.165, 1.54) is 12.1 Å². The summed E-state index contributed by atoms with van der Waals surface area (Å²) in [6.07, 6.45) is 2.28. The highest BCUT2D eigenvalue weighted by Gasteiger charge is 2.03. The molecule has 2 aromatic rings. The molecule has 0 radical (unpaired) electrons. The van der Waals surface area contributed by atoms with Crippen molar-refractivity contribution in [1.82, 2.24) is 4.98 Å². The summed E-state index contributed by atoms with van der Waals surface area (Å²) in [5.41, 5.74) is 0.996. The molecule has 0 fully saturated rings. The van der Waals surface area contributed by atoms with E-state index in [0.29, 0.717) is 12.4 Å². The van der Waals surface area contributed by atoms with E-state index in [1.807, 2.05) is 0 Å². The van der Waals surface area contributed by atoms with Crippen LogP contribution in [0.15, 0.2) is 34.9 Å². The molecule has 4 heteroatoms. The molecule has 0 aliphatic heterocycles. The Bertz CT molecular complexity index is 436. The Balaban J connectivity index is 2.11. The van der Waals surface area contributed by atoms with Crippen LogP contribution in [0, 0.1) is 5.82 Å². The van der Waals surface area contributed by atoms with Gasteiger partial charge in [-0.25, -0.2) is 9.37 Å². The number of hydrogen-bond acceptors (Lipinski definition) is 3. The lowest BCUT2D eigenvalue weighted by Gasteiger charge is -1.97. The summed E-state index contributed by atoms with van der Waals surface area (Å²) in [4.78, 5) is 4.00. The predicted molar refractivity (Wildman–Crippen MR) is 55.3 cm³/mol. The molecule has 1 N–H and O–H groups in total. The summed E-state index contributed by atoms with van der Waals surface area (Å²) in [6.45, 7) is 0. The van der Waals surface area contributed by atoms with Crippen LogP contribution in [0.1, 0.15) is 11.3 Å². The minimum Gasteiger partial charge on any atom is -0.428 e. The van der Waals surface area contributed by atoms with Crippen molar-refractivity contribution in [3.05, 3.63) is 47.6 Å². The minimum absolute atomic E-state index is 0.229. The first kappa shape index (κ1) is 9.71. The molecule has 1 aromatic carbocycles. The summed E-state index contributed by atoms with van der Waals surface area (Å²) in [7, 11) is 1.74. The van der Waals surface area contributed by atoms with Crippen molar-refractivity contribution >= 4 is 6.01 Å². The third kappa shape index (κ3) is 2.34. The van der Waals surface area contributed by atoms with Crippen LogP contribution >= 0.6 is 0 Å². The maximum absolute atomic E-state index is 12.6. The van der Waals surface area contributed by atoms with Crippen LogP contribution < -0.4 is 5.32 Å². The molecule has 0 unspecified atom stereocenters. The zero-order chi connectivity index (χ0) is 10.7. The van der Waals surface area contributed by atoms with Crippen LogP contribution in [-0.2, 0) is 6.42 Å². The summed E-state index contributed by atoms with van der Waals surface area (Å²) in [5, 5.41) is 2.80. The van der Waals surface area contributed by atoms with Gasteiger partial charge in [-0.1, -0.05) is 12.1 Å².